The lowest BCUT2D eigenvalue weighted by molar-refractivity contribution is 0.225. The van der Waals surface area contributed by atoms with Crippen LogP contribution in [0.1, 0.15) is 59.6 Å². The Morgan fingerprint density at radius 1 is 1.11 bits per heavy atom. The van der Waals surface area contributed by atoms with Gasteiger partial charge in [-0.2, -0.15) is 0 Å². The third-order valence-electron chi connectivity index (χ3n) is 2.95. The summed E-state index contributed by atoms with van der Waals surface area (Å²) in [6.07, 6.45) is 1.04. The molecule has 0 bridgehead atoms. The van der Waals surface area contributed by atoms with Crippen LogP contribution in [0.25, 0.3) is 0 Å². The first-order valence-electron chi connectivity index (χ1n) is 6.63. The fraction of sp³-hybridized carbons (Fsp3) is 0.625. The van der Waals surface area contributed by atoms with E-state index in [1.807, 2.05) is 19.1 Å². The molecule has 0 aliphatic carbocycles. The molecule has 0 saturated carbocycles. The Morgan fingerprint density at radius 3 is 2.17 bits per heavy atom. The lowest BCUT2D eigenvalue weighted by atomic mass is 9.81. The molecular formula is C16H26FN. The van der Waals surface area contributed by atoms with E-state index in [0.29, 0.717) is 0 Å². The molecular weight excluding hydrogens is 225 g/mol. The molecule has 102 valence electrons. The van der Waals surface area contributed by atoms with E-state index in [1.165, 1.54) is 6.07 Å². The van der Waals surface area contributed by atoms with Crippen LogP contribution in [0.5, 0.6) is 0 Å². The van der Waals surface area contributed by atoms with Gasteiger partial charge in [-0.15, -0.1) is 0 Å². The van der Waals surface area contributed by atoms with Gasteiger partial charge in [-0.25, -0.2) is 4.39 Å². The zero-order valence-electron chi connectivity index (χ0n) is 12.5. The predicted octanol–water partition coefficient (Wildman–Crippen LogP) is 4.69. The van der Waals surface area contributed by atoms with Crippen molar-refractivity contribution in [3.63, 3.8) is 0 Å². The highest BCUT2D eigenvalue weighted by Gasteiger charge is 2.27. The summed E-state index contributed by atoms with van der Waals surface area (Å²) in [6.45, 7) is 13.0. The normalized spacial score (nSPS) is 14.6. The van der Waals surface area contributed by atoms with E-state index < -0.39 is 0 Å². The Bertz CT molecular complexity index is 390. The fourth-order valence-electron chi connectivity index (χ4n) is 2.87. The van der Waals surface area contributed by atoms with Gasteiger partial charge in [0.05, 0.1) is 0 Å². The molecule has 0 heterocycles. The van der Waals surface area contributed by atoms with Crippen LogP contribution in [0.15, 0.2) is 24.3 Å². The molecule has 0 aliphatic heterocycles. The maximum Gasteiger partial charge on any atom is 0.127 e. The van der Waals surface area contributed by atoms with Crippen LogP contribution in [-0.4, -0.2) is 5.54 Å². The quantitative estimate of drug-likeness (QED) is 0.818. The highest BCUT2D eigenvalue weighted by molar-refractivity contribution is 5.21. The number of hydrogen-bond donors (Lipinski definition) is 1. The highest BCUT2D eigenvalue weighted by Crippen LogP contribution is 2.29. The van der Waals surface area contributed by atoms with Crippen LogP contribution in [0, 0.1) is 11.2 Å². The molecule has 0 aromatic heterocycles. The molecule has 1 aromatic carbocycles. The van der Waals surface area contributed by atoms with Gasteiger partial charge < -0.3 is 5.32 Å². The molecule has 0 amide bonds. The molecule has 1 nitrogen and oxygen atoms in total. The van der Waals surface area contributed by atoms with E-state index in [1.54, 1.807) is 6.07 Å². The van der Waals surface area contributed by atoms with Gasteiger partial charge in [0.1, 0.15) is 5.82 Å². The summed E-state index contributed by atoms with van der Waals surface area (Å²) < 4.78 is 13.7. The summed E-state index contributed by atoms with van der Waals surface area (Å²) in [5, 5.41) is 3.53. The lowest BCUT2D eigenvalue weighted by Gasteiger charge is -2.36. The highest BCUT2D eigenvalue weighted by atomic mass is 19.1. The summed E-state index contributed by atoms with van der Waals surface area (Å²) in [7, 11) is 0. The van der Waals surface area contributed by atoms with Crippen LogP contribution in [0.2, 0.25) is 0 Å². The van der Waals surface area contributed by atoms with Crippen molar-refractivity contribution in [3.8, 4) is 0 Å². The average molecular weight is 251 g/mol. The molecule has 0 radical (unpaired) electrons. The van der Waals surface area contributed by atoms with Crippen molar-refractivity contribution < 1.29 is 4.39 Å². The maximum absolute atomic E-state index is 13.7. The molecule has 0 saturated heterocycles. The Hall–Kier alpha value is -0.890. The predicted molar refractivity (Wildman–Crippen MR) is 76.1 cm³/mol. The average Bonchev–Trinajstić information content (AvgIpc) is 2.12. The second-order valence-electron chi connectivity index (χ2n) is 7.01. The Morgan fingerprint density at radius 2 is 1.67 bits per heavy atom. The molecule has 18 heavy (non-hydrogen) atoms. The van der Waals surface area contributed by atoms with Crippen molar-refractivity contribution in [2.75, 3.05) is 0 Å². The van der Waals surface area contributed by atoms with Crippen LogP contribution < -0.4 is 5.32 Å². The third kappa shape index (κ3) is 4.77. The summed E-state index contributed by atoms with van der Waals surface area (Å²) >= 11 is 0. The summed E-state index contributed by atoms with van der Waals surface area (Å²) in [5.74, 6) is -0.135. The van der Waals surface area contributed by atoms with Gasteiger partial charge in [0.2, 0.25) is 0 Å². The fourth-order valence-corrected chi connectivity index (χ4v) is 2.87. The van der Waals surface area contributed by atoms with E-state index in [-0.39, 0.29) is 22.8 Å². The summed E-state index contributed by atoms with van der Waals surface area (Å²) in [6, 6.07) is 6.99. The first kappa shape index (κ1) is 15.2. The summed E-state index contributed by atoms with van der Waals surface area (Å²) in [5.41, 5.74) is 0.977. The lowest BCUT2D eigenvalue weighted by Crippen LogP contribution is -2.43. The van der Waals surface area contributed by atoms with Crippen LogP contribution >= 0.6 is 0 Å². The molecule has 1 aromatic rings. The largest absolute Gasteiger partial charge is 0.305 e. The van der Waals surface area contributed by atoms with Crippen molar-refractivity contribution >= 4 is 0 Å². The molecule has 2 heteroatoms. The van der Waals surface area contributed by atoms with Gasteiger partial charge in [-0.1, -0.05) is 39.0 Å². The number of halogens is 1. The number of rotatable bonds is 4. The minimum absolute atomic E-state index is 0.0139. The van der Waals surface area contributed by atoms with E-state index in [9.17, 15) is 4.39 Å². The van der Waals surface area contributed by atoms with Crippen molar-refractivity contribution in [1.29, 1.82) is 0 Å². The first-order chi connectivity index (χ1) is 8.11. The van der Waals surface area contributed by atoms with Gasteiger partial charge >= 0.3 is 0 Å². The Kier molecular flexibility index (Phi) is 4.55. The maximum atomic E-state index is 13.7. The molecule has 0 spiro atoms. The minimum atomic E-state index is -0.135. The van der Waals surface area contributed by atoms with Crippen LogP contribution in [-0.2, 0) is 0 Å². The topological polar surface area (TPSA) is 12.0 Å². The first-order valence-corrected chi connectivity index (χ1v) is 6.63. The summed E-state index contributed by atoms with van der Waals surface area (Å²) in [4.78, 5) is 0. The smallest absolute Gasteiger partial charge is 0.127 e. The van der Waals surface area contributed by atoms with Gasteiger partial charge in [0, 0.05) is 17.1 Å². The van der Waals surface area contributed by atoms with E-state index in [4.69, 9.17) is 0 Å². The van der Waals surface area contributed by atoms with Gasteiger partial charge in [0.25, 0.3) is 0 Å². The van der Waals surface area contributed by atoms with Gasteiger partial charge in [0.15, 0.2) is 0 Å². The number of nitrogens with one attached hydrogen (secondary N) is 1. The van der Waals surface area contributed by atoms with Crippen LogP contribution in [0.3, 0.4) is 0 Å². The van der Waals surface area contributed by atoms with Gasteiger partial charge in [-0.3, -0.25) is 0 Å². The monoisotopic (exact) mass is 251 g/mol. The Labute approximate surface area is 111 Å². The molecule has 1 rings (SSSR count). The number of benzene rings is 1. The minimum Gasteiger partial charge on any atom is -0.305 e. The number of hydrogen-bond acceptors (Lipinski definition) is 1. The Balaban J connectivity index is 2.76. The molecule has 0 aliphatic rings. The zero-order valence-corrected chi connectivity index (χ0v) is 12.5. The molecule has 0 fully saturated rings. The third-order valence-corrected chi connectivity index (χ3v) is 2.95. The van der Waals surface area contributed by atoms with Crippen molar-refractivity contribution in [1.82, 2.24) is 5.32 Å². The van der Waals surface area contributed by atoms with E-state index in [2.05, 4.69) is 39.9 Å². The van der Waals surface area contributed by atoms with Gasteiger partial charge in [-0.05, 0) is 38.7 Å². The second kappa shape index (κ2) is 5.40. The second-order valence-corrected chi connectivity index (χ2v) is 7.01. The molecule has 1 atom stereocenters. The molecule has 1 N–H and O–H groups in total. The molecule has 1 unspecified atom stereocenters. The standard InChI is InChI=1S/C16H26FN/c1-12(13-9-7-8-10-14(13)17)18-16(5,6)11-15(2,3)4/h7-10,12,18H,11H2,1-6H3. The van der Waals surface area contributed by atoms with E-state index in [0.717, 1.165) is 12.0 Å². The van der Waals surface area contributed by atoms with Crippen molar-refractivity contribution in [2.45, 2.75) is 59.5 Å². The SMILES string of the molecule is CC(NC(C)(C)CC(C)(C)C)c1ccccc1F. The van der Waals surface area contributed by atoms with E-state index >= 15 is 0 Å². The van der Waals surface area contributed by atoms with Crippen molar-refractivity contribution in [2.24, 2.45) is 5.41 Å². The zero-order chi connectivity index (χ0) is 14.0. The van der Waals surface area contributed by atoms with Crippen molar-refractivity contribution in [3.05, 3.63) is 35.6 Å². The van der Waals surface area contributed by atoms with Crippen LogP contribution in [0.4, 0.5) is 4.39 Å².